The van der Waals surface area contributed by atoms with Gasteiger partial charge < -0.3 is 19.9 Å². The summed E-state index contributed by atoms with van der Waals surface area (Å²) >= 11 is 0. The molecule has 0 radical (unpaired) electrons. The van der Waals surface area contributed by atoms with Gasteiger partial charge in [-0.05, 0) is 41.5 Å². The summed E-state index contributed by atoms with van der Waals surface area (Å²) in [5.41, 5.74) is 0.945. The van der Waals surface area contributed by atoms with Crippen molar-refractivity contribution in [2.45, 2.75) is 13.5 Å². The lowest BCUT2D eigenvalue weighted by Crippen LogP contribution is -2.24. The summed E-state index contributed by atoms with van der Waals surface area (Å²) in [6, 6.07) is 10.7. The molecule has 0 bridgehead atoms. The Morgan fingerprint density at radius 2 is 1.86 bits per heavy atom. The molecular weight excluding hydrogens is 368 g/mol. The van der Waals surface area contributed by atoms with Crippen LogP contribution >= 0.6 is 0 Å². The van der Waals surface area contributed by atoms with Crippen LogP contribution in [0.3, 0.4) is 0 Å². The fourth-order valence-electron chi connectivity index (χ4n) is 2.28. The summed E-state index contributed by atoms with van der Waals surface area (Å²) in [6.45, 7) is 1.38. The minimum atomic E-state index is -1.27. The largest absolute Gasteiger partial charge is 0.493 e. The number of nitrogens with one attached hydrogen (secondary N) is 1. The Morgan fingerprint density at radius 1 is 1.18 bits per heavy atom. The first kappa shape index (κ1) is 20.4. The Morgan fingerprint density at radius 3 is 2.39 bits per heavy atom. The highest BCUT2D eigenvalue weighted by Gasteiger charge is 2.11. The maximum absolute atomic E-state index is 11.2. The van der Waals surface area contributed by atoms with Crippen LogP contribution in [0.4, 0.5) is 5.69 Å². The number of hydrogen-bond donors (Lipinski definition) is 2. The zero-order chi connectivity index (χ0) is 20.7. The number of non-ortho nitro benzene ring substituents is 1. The van der Waals surface area contributed by atoms with E-state index < -0.39 is 16.8 Å². The van der Waals surface area contributed by atoms with Crippen LogP contribution in [0, 0.1) is 10.1 Å². The molecule has 0 unspecified atom stereocenters. The average molecular weight is 386 g/mol. The quantitative estimate of drug-likeness (QED) is 0.405. The number of methoxy groups -OCH3 is 1. The lowest BCUT2D eigenvalue weighted by atomic mass is 10.1. The van der Waals surface area contributed by atoms with E-state index in [1.165, 1.54) is 32.2 Å². The molecule has 0 aliphatic carbocycles. The molecule has 9 heteroatoms. The highest BCUT2D eigenvalue weighted by atomic mass is 16.6. The zero-order valence-corrected chi connectivity index (χ0v) is 15.2. The third kappa shape index (κ3) is 5.56. The van der Waals surface area contributed by atoms with Crippen LogP contribution in [-0.2, 0) is 16.2 Å². The van der Waals surface area contributed by atoms with Crippen LogP contribution in [-0.4, -0.2) is 29.0 Å². The summed E-state index contributed by atoms with van der Waals surface area (Å²) in [6.07, 6.45) is 1.30. The van der Waals surface area contributed by atoms with Gasteiger partial charge in [0.15, 0.2) is 11.5 Å². The first-order valence-electron chi connectivity index (χ1n) is 8.07. The molecule has 0 aromatic heterocycles. The fraction of sp³-hybridized carbons (Fsp3) is 0.158. The van der Waals surface area contributed by atoms with Crippen LogP contribution in [0.1, 0.15) is 18.1 Å². The number of rotatable bonds is 8. The Labute approximate surface area is 160 Å². The molecule has 0 saturated carbocycles. The Bertz CT molecular complexity index is 920. The van der Waals surface area contributed by atoms with Gasteiger partial charge in [0.05, 0.1) is 12.0 Å². The van der Waals surface area contributed by atoms with Gasteiger partial charge in [-0.2, -0.15) is 0 Å². The number of amides is 1. The molecule has 0 aliphatic heterocycles. The molecule has 0 spiro atoms. The number of ether oxygens (including phenoxy) is 2. The van der Waals surface area contributed by atoms with Gasteiger partial charge in [-0.15, -0.1) is 0 Å². The van der Waals surface area contributed by atoms with Crippen molar-refractivity contribution in [3.05, 3.63) is 69.4 Å². The smallest absolute Gasteiger partial charge is 0.352 e. The third-order valence-electron chi connectivity index (χ3n) is 3.58. The minimum Gasteiger partial charge on any atom is -0.493 e. The number of benzene rings is 2. The van der Waals surface area contributed by atoms with Crippen molar-refractivity contribution in [1.29, 1.82) is 0 Å². The Balaban J connectivity index is 2.17. The molecule has 0 saturated heterocycles. The molecule has 0 fully saturated rings. The van der Waals surface area contributed by atoms with Crippen molar-refractivity contribution in [2.24, 2.45) is 0 Å². The SMILES string of the molecule is COc1cc(/C=C(/NC(C)=O)C(=O)O)ccc1OCc1ccc([N+](=O)[O-])cc1. The maximum Gasteiger partial charge on any atom is 0.352 e. The molecule has 2 rings (SSSR count). The molecule has 0 atom stereocenters. The van der Waals surface area contributed by atoms with Crippen molar-refractivity contribution in [3.63, 3.8) is 0 Å². The Hall–Kier alpha value is -3.88. The van der Waals surface area contributed by atoms with Crippen LogP contribution in [0.5, 0.6) is 11.5 Å². The fourth-order valence-corrected chi connectivity index (χ4v) is 2.28. The van der Waals surface area contributed by atoms with E-state index in [9.17, 15) is 19.7 Å². The average Bonchev–Trinajstić information content (AvgIpc) is 2.66. The molecule has 28 heavy (non-hydrogen) atoms. The number of carboxylic acid groups (broad SMARTS) is 1. The van der Waals surface area contributed by atoms with E-state index in [1.807, 2.05) is 0 Å². The molecule has 2 aromatic carbocycles. The summed E-state index contributed by atoms with van der Waals surface area (Å²) in [4.78, 5) is 32.5. The van der Waals surface area contributed by atoms with E-state index in [4.69, 9.17) is 14.6 Å². The van der Waals surface area contributed by atoms with E-state index >= 15 is 0 Å². The Kier molecular flexibility index (Phi) is 6.69. The van der Waals surface area contributed by atoms with E-state index in [0.29, 0.717) is 17.1 Å². The van der Waals surface area contributed by atoms with Crippen molar-refractivity contribution >= 4 is 23.6 Å². The second-order valence-corrected chi connectivity index (χ2v) is 5.67. The molecule has 0 aliphatic rings. The normalized spacial score (nSPS) is 10.9. The first-order chi connectivity index (χ1) is 13.3. The van der Waals surface area contributed by atoms with Crippen molar-refractivity contribution in [3.8, 4) is 11.5 Å². The molecule has 146 valence electrons. The molecule has 0 heterocycles. The molecule has 1 amide bonds. The van der Waals surface area contributed by atoms with Gasteiger partial charge in [-0.3, -0.25) is 14.9 Å². The van der Waals surface area contributed by atoms with Crippen molar-refractivity contribution < 1.29 is 29.1 Å². The highest BCUT2D eigenvalue weighted by molar-refractivity contribution is 5.96. The lowest BCUT2D eigenvalue weighted by Gasteiger charge is -2.12. The highest BCUT2D eigenvalue weighted by Crippen LogP contribution is 2.29. The van der Waals surface area contributed by atoms with Crippen LogP contribution in [0.25, 0.3) is 6.08 Å². The molecule has 9 nitrogen and oxygen atoms in total. The van der Waals surface area contributed by atoms with Gasteiger partial charge in [0.25, 0.3) is 5.69 Å². The van der Waals surface area contributed by atoms with Gasteiger partial charge in [-0.1, -0.05) is 6.07 Å². The van der Waals surface area contributed by atoms with Crippen LogP contribution in [0.15, 0.2) is 48.2 Å². The number of nitro groups is 1. The second-order valence-electron chi connectivity index (χ2n) is 5.67. The topological polar surface area (TPSA) is 128 Å². The molecule has 2 aromatic rings. The van der Waals surface area contributed by atoms with E-state index in [2.05, 4.69) is 5.32 Å². The number of hydrogen-bond acceptors (Lipinski definition) is 6. The van der Waals surface area contributed by atoms with Crippen molar-refractivity contribution in [1.82, 2.24) is 5.32 Å². The maximum atomic E-state index is 11.2. The number of nitrogens with zero attached hydrogens (tertiary/aromatic N) is 1. The standard InChI is InChI=1S/C19H18N2O7/c1-12(22)20-16(19(23)24)9-14-5-8-17(18(10-14)27-2)28-11-13-3-6-15(7-4-13)21(25)26/h3-10H,11H2,1-2H3,(H,20,22)(H,23,24)/b16-9+. The summed E-state index contributed by atoms with van der Waals surface area (Å²) in [7, 11) is 1.44. The summed E-state index contributed by atoms with van der Waals surface area (Å²) in [5.74, 6) is -0.992. The van der Waals surface area contributed by atoms with Gasteiger partial charge in [0, 0.05) is 19.1 Å². The van der Waals surface area contributed by atoms with Gasteiger partial charge in [-0.25, -0.2) is 4.79 Å². The predicted molar refractivity (Wildman–Crippen MR) is 99.9 cm³/mol. The number of aliphatic carboxylic acids is 1. The third-order valence-corrected chi connectivity index (χ3v) is 3.58. The van der Waals surface area contributed by atoms with E-state index in [1.54, 1.807) is 30.3 Å². The predicted octanol–water partition coefficient (Wildman–Crippen LogP) is 2.74. The van der Waals surface area contributed by atoms with Gasteiger partial charge >= 0.3 is 5.97 Å². The zero-order valence-electron chi connectivity index (χ0n) is 15.2. The molecular formula is C19H18N2O7. The monoisotopic (exact) mass is 386 g/mol. The van der Waals surface area contributed by atoms with Gasteiger partial charge in [0.1, 0.15) is 12.3 Å². The molecule has 2 N–H and O–H groups in total. The summed E-state index contributed by atoms with van der Waals surface area (Å²) < 4.78 is 11.0. The van der Waals surface area contributed by atoms with Crippen LogP contribution in [0.2, 0.25) is 0 Å². The first-order valence-corrected chi connectivity index (χ1v) is 8.07. The number of nitro benzene ring substituents is 1. The van der Waals surface area contributed by atoms with E-state index in [-0.39, 0.29) is 18.0 Å². The number of carboxylic acids is 1. The number of carbonyl (C=O) groups is 2. The van der Waals surface area contributed by atoms with Crippen molar-refractivity contribution in [2.75, 3.05) is 7.11 Å². The van der Waals surface area contributed by atoms with Crippen LogP contribution < -0.4 is 14.8 Å². The van der Waals surface area contributed by atoms with E-state index in [0.717, 1.165) is 5.56 Å². The summed E-state index contributed by atoms with van der Waals surface area (Å²) in [5, 5.41) is 22.1. The van der Waals surface area contributed by atoms with Gasteiger partial charge in [0.2, 0.25) is 5.91 Å². The number of carbonyl (C=O) groups excluding carboxylic acids is 1. The minimum absolute atomic E-state index is 0.00845. The second kappa shape index (κ2) is 9.17. The lowest BCUT2D eigenvalue weighted by molar-refractivity contribution is -0.384.